The van der Waals surface area contributed by atoms with E-state index in [1.165, 1.54) is 21.9 Å². The molecule has 0 saturated heterocycles. The fourth-order valence-electron chi connectivity index (χ4n) is 2.02. The largest absolute Gasteiger partial charge is 0.259 e. The van der Waals surface area contributed by atoms with E-state index < -0.39 is 0 Å². The molecule has 0 fully saturated rings. The molecular formula is C12H11N3. The molecular weight excluding hydrogens is 186 g/mol. The summed E-state index contributed by atoms with van der Waals surface area (Å²) in [5.74, 6) is 0. The smallest absolute Gasteiger partial charge is 0.101 e. The lowest BCUT2D eigenvalue weighted by atomic mass is 9.99. The predicted octanol–water partition coefficient (Wildman–Crippen LogP) is 3.88. The lowest BCUT2D eigenvalue weighted by Crippen LogP contribution is -1.95. The summed E-state index contributed by atoms with van der Waals surface area (Å²) in [5, 5.41) is 10.5. The van der Waals surface area contributed by atoms with Crippen molar-refractivity contribution in [1.29, 1.82) is 0 Å². The van der Waals surface area contributed by atoms with Crippen LogP contribution in [0.2, 0.25) is 0 Å². The summed E-state index contributed by atoms with van der Waals surface area (Å²) in [6, 6.07) is 8.36. The maximum atomic E-state index is 4.19. The van der Waals surface area contributed by atoms with Crippen molar-refractivity contribution in [2.75, 3.05) is 5.43 Å². The van der Waals surface area contributed by atoms with Crippen molar-refractivity contribution in [3.8, 4) is 0 Å². The zero-order chi connectivity index (χ0) is 10.4. The van der Waals surface area contributed by atoms with Gasteiger partial charge in [-0.05, 0) is 36.4 Å². The second-order valence-electron chi connectivity index (χ2n) is 3.88. The Morgan fingerprint density at radius 1 is 1.20 bits per heavy atom. The molecule has 0 aromatic heterocycles. The highest BCUT2D eigenvalue weighted by molar-refractivity contribution is 6.04. The first-order valence-electron chi connectivity index (χ1n) is 4.97. The third-order valence-corrected chi connectivity index (χ3v) is 2.97. The van der Waals surface area contributed by atoms with Gasteiger partial charge in [-0.2, -0.15) is 0 Å². The first-order chi connectivity index (χ1) is 7.27. The molecule has 2 aromatic rings. The van der Waals surface area contributed by atoms with Gasteiger partial charge in [-0.3, -0.25) is 5.43 Å². The molecule has 0 amide bonds. The molecule has 3 nitrogen and oxygen atoms in total. The molecule has 0 atom stereocenters. The highest BCUT2D eigenvalue weighted by atomic mass is 15.4. The Labute approximate surface area is 87.8 Å². The minimum absolute atomic E-state index is 0.999. The minimum Gasteiger partial charge on any atom is -0.259 e. The van der Waals surface area contributed by atoms with Gasteiger partial charge in [0.05, 0.1) is 5.69 Å². The lowest BCUT2D eigenvalue weighted by molar-refractivity contribution is 1.11. The van der Waals surface area contributed by atoms with Gasteiger partial charge in [-0.15, -0.1) is 5.11 Å². The molecule has 3 heteroatoms. The summed E-state index contributed by atoms with van der Waals surface area (Å²) in [7, 11) is 0. The van der Waals surface area contributed by atoms with Crippen LogP contribution < -0.4 is 5.43 Å². The molecule has 74 valence electrons. The standard InChI is InChI=1S/C12H11N3/c1-7-6-9-4-3-5-10-11(9)12(8(7)2)14-15-13-10/h3-6H,1-2H3,(H,13,14). The molecule has 1 N–H and O–H groups in total. The number of hydrogen-bond acceptors (Lipinski definition) is 3. The van der Waals surface area contributed by atoms with E-state index in [1.54, 1.807) is 0 Å². The Morgan fingerprint density at radius 3 is 2.93 bits per heavy atom. The SMILES string of the molecule is Cc1cc2cccc3c2c(c1C)N=NN3. The average molecular weight is 197 g/mol. The van der Waals surface area contributed by atoms with Gasteiger partial charge < -0.3 is 0 Å². The monoisotopic (exact) mass is 197 g/mol. The molecule has 0 unspecified atom stereocenters. The summed E-state index contributed by atoms with van der Waals surface area (Å²) >= 11 is 0. The highest BCUT2D eigenvalue weighted by Crippen LogP contribution is 2.39. The van der Waals surface area contributed by atoms with Crippen molar-refractivity contribution in [2.24, 2.45) is 10.3 Å². The van der Waals surface area contributed by atoms with E-state index in [4.69, 9.17) is 0 Å². The number of aryl methyl sites for hydroxylation is 1. The summed E-state index contributed by atoms with van der Waals surface area (Å²) in [6.45, 7) is 4.20. The van der Waals surface area contributed by atoms with E-state index in [1.807, 2.05) is 12.1 Å². The first kappa shape index (κ1) is 8.41. The molecule has 0 bridgehead atoms. The number of hydrogen-bond donors (Lipinski definition) is 1. The Morgan fingerprint density at radius 2 is 2.07 bits per heavy atom. The van der Waals surface area contributed by atoms with Gasteiger partial charge in [0.2, 0.25) is 0 Å². The summed E-state index contributed by atoms with van der Waals surface area (Å²) < 4.78 is 0. The molecule has 3 rings (SSSR count). The van der Waals surface area contributed by atoms with Gasteiger partial charge in [0.1, 0.15) is 5.69 Å². The Bertz CT molecular complexity index is 585. The van der Waals surface area contributed by atoms with Gasteiger partial charge in [-0.1, -0.05) is 23.4 Å². The van der Waals surface area contributed by atoms with E-state index in [0.717, 1.165) is 11.4 Å². The quantitative estimate of drug-likeness (QED) is 0.683. The summed E-state index contributed by atoms with van der Waals surface area (Å²) in [6.07, 6.45) is 0. The van der Waals surface area contributed by atoms with Crippen molar-refractivity contribution < 1.29 is 0 Å². The van der Waals surface area contributed by atoms with E-state index in [2.05, 4.69) is 41.7 Å². The normalized spacial score (nSPS) is 12.9. The van der Waals surface area contributed by atoms with Crippen LogP contribution in [0.1, 0.15) is 11.1 Å². The van der Waals surface area contributed by atoms with Gasteiger partial charge >= 0.3 is 0 Å². The van der Waals surface area contributed by atoms with Gasteiger partial charge in [0.25, 0.3) is 0 Å². The molecule has 1 aliphatic heterocycles. The van der Waals surface area contributed by atoms with Crippen LogP contribution in [0.15, 0.2) is 34.6 Å². The molecule has 1 aliphatic rings. The third-order valence-electron chi connectivity index (χ3n) is 2.97. The van der Waals surface area contributed by atoms with Crippen LogP contribution in [-0.4, -0.2) is 0 Å². The number of rotatable bonds is 0. The zero-order valence-corrected chi connectivity index (χ0v) is 8.70. The lowest BCUT2D eigenvalue weighted by Gasteiger charge is -2.15. The van der Waals surface area contributed by atoms with Crippen LogP contribution in [0.5, 0.6) is 0 Å². The molecule has 15 heavy (non-hydrogen) atoms. The number of anilines is 1. The summed E-state index contributed by atoms with van der Waals surface area (Å²) in [5.41, 5.74) is 7.44. The fourth-order valence-corrected chi connectivity index (χ4v) is 2.02. The minimum atomic E-state index is 0.999. The molecule has 0 spiro atoms. The second kappa shape index (κ2) is 2.79. The van der Waals surface area contributed by atoms with E-state index in [-0.39, 0.29) is 0 Å². The van der Waals surface area contributed by atoms with Crippen LogP contribution in [-0.2, 0) is 0 Å². The van der Waals surface area contributed by atoms with Crippen molar-refractivity contribution in [2.45, 2.75) is 13.8 Å². The van der Waals surface area contributed by atoms with Crippen molar-refractivity contribution >= 4 is 22.1 Å². The Hall–Kier alpha value is -1.90. The first-order valence-corrected chi connectivity index (χ1v) is 4.97. The number of nitrogens with one attached hydrogen (secondary N) is 1. The number of benzene rings is 2. The van der Waals surface area contributed by atoms with Crippen LogP contribution in [0.4, 0.5) is 11.4 Å². The Balaban J connectivity index is 2.57. The molecule has 1 heterocycles. The topological polar surface area (TPSA) is 36.8 Å². The summed E-state index contributed by atoms with van der Waals surface area (Å²) in [4.78, 5) is 0. The van der Waals surface area contributed by atoms with Gasteiger partial charge in [0.15, 0.2) is 0 Å². The number of nitrogens with zero attached hydrogens (tertiary/aromatic N) is 2. The highest BCUT2D eigenvalue weighted by Gasteiger charge is 2.13. The predicted molar refractivity (Wildman–Crippen MR) is 61.6 cm³/mol. The van der Waals surface area contributed by atoms with Crippen molar-refractivity contribution in [1.82, 2.24) is 0 Å². The molecule has 0 aliphatic carbocycles. The van der Waals surface area contributed by atoms with Crippen LogP contribution in [0, 0.1) is 13.8 Å². The van der Waals surface area contributed by atoms with E-state index in [0.29, 0.717) is 0 Å². The molecule has 0 saturated carbocycles. The van der Waals surface area contributed by atoms with E-state index in [9.17, 15) is 0 Å². The van der Waals surface area contributed by atoms with E-state index >= 15 is 0 Å². The van der Waals surface area contributed by atoms with Crippen LogP contribution in [0.3, 0.4) is 0 Å². The van der Waals surface area contributed by atoms with Gasteiger partial charge in [-0.25, -0.2) is 0 Å². The maximum Gasteiger partial charge on any atom is 0.101 e. The second-order valence-corrected chi connectivity index (χ2v) is 3.88. The van der Waals surface area contributed by atoms with Gasteiger partial charge in [0, 0.05) is 5.39 Å². The van der Waals surface area contributed by atoms with Crippen LogP contribution in [0.25, 0.3) is 10.8 Å². The Kier molecular flexibility index (Phi) is 1.57. The van der Waals surface area contributed by atoms with Crippen LogP contribution >= 0.6 is 0 Å². The zero-order valence-electron chi connectivity index (χ0n) is 8.70. The third kappa shape index (κ3) is 1.06. The van der Waals surface area contributed by atoms with Crippen molar-refractivity contribution in [3.63, 3.8) is 0 Å². The average Bonchev–Trinajstić information content (AvgIpc) is 2.26. The molecule has 2 aromatic carbocycles. The fraction of sp³-hybridized carbons (Fsp3) is 0.167. The molecule has 0 radical (unpaired) electrons. The maximum absolute atomic E-state index is 4.19. The van der Waals surface area contributed by atoms with Crippen molar-refractivity contribution in [3.05, 3.63) is 35.4 Å².